The highest BCUT2D eigenvalue weighted by Gasteiger charge is 2.90. The Morgan fingerprint density at radius 1 is 0.677 bits per heavy atom. The van der Waals surface area contributed by atoms with Crippen LogP contribution < -0.4 is 0 Å². The summed E-state index contributed by atoms with van der Waals surface area (Å²) in [5.74, 6) is -39.0. The van der Waals surface area contributed by atoms with Gasteiger partial charge in [0.05, 0.1) is 12.0 Å². The zero-order valence-corrected chi connectivity index (χ0v) is 15.2. The third kappa shape index (κ3) is 4.04. The van der Waals surface area contributed by atoms with E-state index in [0.717, 1.165) is 12.1 Å². The lowest BCUT2D eigenvalue weighted by Gasteiger charge is -2.42. The van der Waals surface area contributed by atoms with E-state index in [9.17, 15) is 61.5 Å². The van der Waals surface area contributed by atoms with Crippen LogP contribution in [0.1, 0.15) is 18.9 Å². The first-order valence-corrected chi connectivity index (χ1v) is 7.79. The van der Waals surface area contributed by atoms with Gasteiger partial charge in [-0.3, -0.25) is 0 Å². The quantitative estimate of drug-likeness (QED) is 0.367. The third-order valence-electron chi connectivity index (χ3n) is 4.45. The first kappa shape index (κ1) is 27.2. The Bertz CT molecular complexity index is 785. The number of benzene rings is 1. The maximum absolute atomic E-state index is 14.1. The molecular formula is C16H12F14O. The molecule has 0 spiro atoms. The van der Waals surface area contributed by atoms with Crippen LogP contribution in [0.2, 0.25) is 0 Å². The smallest absolute Gasteiger partial charge is 0.373 e. The summed E-state index contributed by atoms with van der Waals surface area (Å²) in [7, 11) is 0.519. The molecule has 0 fully saturated rings. The number of ether oxygens (including phenoxy) is 1. The van der Waals surface area contributed by atoms with Gasteiger partial charge in [-0.05, 0) is 13.0 Å². The van der Waals surface area contributed by atoms with E-state index in [1.165, 1.54) is 0 Å². The summed E-state index contributed by atoms with van der Waals surface area (Å²) >= 11 is 0. The molecule has 1 aromatic carbocycles. The highest BCUT2D eigenvalue weighted by atomic mass is 19.4. The first-order valence-electron chi connectivity index (χ1n) is 7.79. The molecule has 0 radical (unpaired) electrons. The second-order valence-corrected chi connectivity index (χ2v) is 6.59. The lowest BCUT2D eigenvalue weighted by Crippen LogP contribution is -2.70. The summed E-state index contributed by atoms with van der Waals surface area (Å²) < 4.78 is 190. The Labute approximate surface area is 165 Å². The molecule has 0 aromatic heterocycles. The van der Waals surface area contributed by atoms with Crippen LogP contribution in [-0.2, 0) is 10.3 Å². The summed E-state index contributed by atoms with van der Waals surface area (Å²) in [5.41, 5.74) is -3.86. The van der Waals surface area contributed by atoms with Gasteiger partial charge in [-0.15, -0.1) is 0 Å². The Balaban J connectivity index is 3.54. The van der Waals surface area contributed by atoms with Crippen molar-refractivity contribution in [2.45, 2.75) is 54.7 Å². The van der Waals surface area contributed by atoms with E-state index in [4.69, 9.17) is 0 Å². The van der Waals surface area contributed by atoms with E-state index < -0.39 is 59.2 Å². The maximum atomic E-state index is 14.1. The van der Waals surface area contributed by atoms with Crippen LogP contribution in [0.15, 0.2) is 24.3 Å². The highest BCUT2D eigenvalue weighted by Crippen LogP contribution is 2.61. The maximum Gasteiger partial charge on any atom is 0.460 e. The van der Waals surface area contributed by atoms with Crippen molar-refractivity contribution in [1.29, 1.82) is 0 Å². The van der Waals surface area contributed by atoms with Crippen molar-refractivity contribution in [3.8, 4) is 0 Å². The summed E-state index contributed by atoms with van der Waals surface area (Å²) in [6.45, 7) is 0.454. The van der Waals surface area contributed by atoms with Crippen molar-refractivity contribution in [3.63, 3.8) is 0 Å². The molecule has 0 bridgehead atoms. The van der Waals surface area contributed by atoms with Gasteiger partial charge >= 0.3 is 35.8 Å². The standard InChI is InChI=1S/C16H12F14O/c1-10(31-2,8-5-3-4-6-9(8)17)7-11(18,19)12(20,21)13(22,23)14(24,25)15(26,27)16(28,29)30/h3-6H,7H2,1-2H3. The molecule has 1 aromatic rings. The monoisotopic (exact) mass is 486 g/mol. The predicted molar refractivity (Wildman–Crippen MR) is 76.2 cm³/mol. The minimum atomic E-state index is -7.99. The van der Waals surface area contributed by atoms with Crippen molar-refractivity contribution in [3.05, 3.63) is 35.6 Å². The van der Waals surface area contributed by atoms with Crippen molar-refractivity contribution in [2.24, 2.45) is 0 Å². The molecular weight excluding hydrogens is 474 g/mol. The topological polar surface area (TPSA) is 9.23 Å². The van der Waals surface area contributed by atoms with Gasteiger partial charge in [-0.2, -0.15) is 57.1 Å². The van der Waals surface area contributed by atoms with Crippen LogP contribution in [0, 0.1) is 5.82 Å². The van der Waals surface area contributed by atoms with Gasteiger partial charge in [0, 0.05) is 12.7 Å². The Morgan fingerprint density at radius 3 is 1.48 bits per heavy atom. The zero-order chi connectivity index (χ0) is 24.9. The minimum absolute atomic E-state index is 0.454. The molecule has 0 N–H and O–H groups in total. The highest BCUT2D eigenvalue weighted by molar-refractivity contribution is 5.25. The number of rotatable bonds is 8. The molecule has 0 saturated heterocycles. The molecule has 1 unspecified atom stereocenters. The molecule has 15 heteroatoms. The van der Waals surface area contributed by atoms with Gasteiger partial charge in [0.1, 0.15) is 5.82 Å². The Hall–Kier alpha value is -1.80. The average Bonchev–Trinajstić information content (AvgIpc) is 2.59. The zero-order valence-electron chi connectivity index (χ0n) is 15.2. The fraction of sp³-hybridized carbons (Fsp3) is 0.625. The van der Waals surface area contributed by atoms with E-state index in [0.29, 0.717) is 26.2 Å². The lowest BCUT2D eigenvalue weighted by molar-refractivity contribution is -0.441. The summed E-state index contributed by atoms with van der Waals surface area (Å²) in [6, 6.07) is 3.25. The van der Waals surface area contributed by atoms with Gasteiger partial charge in [0.15, 0.2) is 0 Å². The largest absolute Gasteiger partial charge is 0.460 e. The first-order chi connectivity index (χ1) is 13.5. The van der Waals surface area contributed by atoms with E-state index in [1.54, 1.807) is 0 Å². The number of hydrogen-bond donors (Lipinski definition) is 0. The predicted octanol–water partition coefficient (Wildman–Crippen LogP) is 6.82. The van der Waals surface area contributed by atoms with Gasteiger partial charge in [-0.25, -0.2) is 4.39 Å². The molecule has 1 rings (SSSR count). The normalized spacial score (nSPS) is 16.9. The summed E-state index contributed by atoms with van der Waals surface area (Å²) in [5, 5.41) is 0. The second-order valence-electron chi connectivity index (χ2n) is 6.59. The summed E-state index contributed by atoms with van der Waals surface area (Å²) in [6.07, 6.45) is -10.2. The van der Waals surface area contributed by atoms with Crippen LogP contribution in [0.3, 0.4) is 0 Å². The van der Waals surface area contributed by atoms with Gasteiger partial charge in [0.25, 0.3) is 0 Å². The number of alkyl halides is 13. The lowest BCUT2D eigenvalue weighted by atomic mass is 9.84. The minimum Gasteiger partial charge on any atom is -0.373 e. The third-order valence-corrected chi connectivity index (χ3v) is 4.45. The van der Waals surface area contributed by atoms with Crippen molar-refractivity contribution < 1.29 is 66.2 Å². The molecule has 31 heavy (non-hydrogen) atoms. The van der Waals surface area contributed by atoms with E-state index in [1.807, 2.05) is 0 Å². The second kappa shape index (κ2) is 7.66. The SMILES string of the molecule is COC(C)(CC(F)(F)C(F)(F)C(F)(F)C(F)(F)C(F)(F)C(F)(F)F)c1ccccc1F. The summed E-state index contributed by atoms with van der Waals surface area (Å²) in [4.78, 5) is 0. The molecule has 0 aliphatic heterocycles. The number of methoxy groups -OCH3 is 1. The van der Waals surface area contributed by atoms with Crippen LogP contribution in [0.5, 0.6) is 0 Å². The van der Waals surface area contributed by atoms with E-state index >= 15 is 0 Å². The molecule has 1 nitrogen and oxygen atoms in total. The fourth-order valence-electron chi connectivity index (χ4n) is 2.50. The fourth-order valence-corrected chi connectivity index (χ4v) is 2.50. The van der Waals surface area contributed by atoms with Crippen molar-refractivity contribution in [2.75, 3.05) is 7.11 Å². The molecule has 0 aliphatic rings. The van der Waals surface area contributed by atoms with Crippen LogP contribution >= 0.6 is 0 Å². The van der Waals surface area contributed by atoms with Gasteiger partial charge in [0.2, 0.25) is 0 Å². The Kier molecular flexibility index (Phi) is 6.73. The molecule has 180 valence electrons. The van der Waals surface area contributed by atoms with E-state index in [2.05, 4.69) is 4.74 Å². The van der Waals surface area contributed by atoms with Crippen molar-refractivity contribution >= 4 is 0 Å². The molecule has 0 saturated carbocycles. The average molecular weight is 486 g/mol. The van der Waals surface area contributed by atoms with Crippen molar-refractivity contribution in [1.82, 2.24) is 0 Å². The van der Waals surface area contributed by atoms with Crippen LogP contribution in [0.25, 0.3) is 0 Å². The molecule has 0 aliphatic carbocycles. The van der Waals surface area contributed by atoms with Crippen LogP contribution in [-0.4, -0.2) is 42.9 Å². The van der Waals surface area contributed by atoms with E-state index in [-0.39, 0.29) is 0 Å². The molecule has 0 amide bonds. The van der Waals surface area contributed by atoms with Gasteiger partial charge in [-0.1, -0.05) is 18.2 Å². The molecule has 0 heterocycles. The Morgan fingerprint density at radius 2 is 1.10 bits per heavy atom. The number of hydrogen-bond acceptors (Lipinski definition) is 1. The van der Waals surface area contributed by atoms with Gasteiger partial charge < -0.3 is 4.74 Å². The molecule has 1 atom stereocenters. The number of halogens is 14. The van der Waals surface area contributed by atoms with Crippen LogP contribution in [0.4, 0.5) is 61.5 Å².